The topological polar surface area (TPSA) is 154 Å². The van der Waals surface area contributed by atoms with E-state index in [1.165, 1.54) is 0 Å². The van der Waals surface area contributed by atoms with Gasteiger partial charge in [-0.3, -0.25) is 15.1 Å². The standard InChI is InChI=1S/C18H20N6O4S.4H2/c1-10(2)29(26,27)13-6-4-12(5-7-13)14-9-20-11(3)16(21-14)17-23-24-18(28-17)22-15(25)8-19;;;;/h4-7,9-10H,8,19H2,1-3H3,(H,22,24,25);4*1H. The van der Waals surface area contributed by atoms with E-state index in [4.69, 9.17) is 10.2 Å². The first kappa shape index (κ1) is 20.6. The van der Waals surface area contributed by atoms with Crippen molar-refractivity contribution in [2.45, 2.75) is 30.9 Å². The predicted molar refractivity (Wildman–Crippen MR) is 114 cm³/mol. The smallest absolute Gasteiger partial charge is 0.322 e. The molecule has 3 aromatic rings. The number of rotatable bonds is 6. The summed E-state index contributed by atoms with van der Waals surface area (Å²) in [4.78, 5) is 20.4. The minimum Gasteiger partial charge on any atom is -0.401 e. The molecule has 3 N–H and O–H groups in total. The fraction of sp³-hybridized carbons (Fsp3) is 0.278. The molecule has 1 amide bonds. The molecule has 0 radical (unpaired) electrons. The van der Waals surface area contributed by atoms with Crippen LogP contribution in [0.15, 0.2) is 39.8 Å². The average molecular weight is 425 g/mol. The van der Waals surface area contributed by atoms with Crippen LogP contribution in [0, 0.1) is 6.92 Å². The monoisotopic (exact) mass is 424 g/mol. The summed E-state index contributed by atoms with van der Waals surface area (Å²) < 4.78 is 30.0. The predicted octanol–water partition coefficient (Wildman–Crippen LogP) is 2.57. The van der Waals surface area contributed by atoms with E-state index in [9.17, 15) is 13.2 Å². The summed E-state index contributed by atoms with van der Waals surface area (Å²) in [6.45, 7) is 4.78. The largest absolute Gasteiger partial charge is 0.401 e. The molecule has 3 rings (SSSR count). The number of sulfone groups is 1. The Morgan fingerprint density at radius 1 is 1.24 bits per heavy atom. The van der Waals surface area contributed by atoms with Crippen molar-refractivity contribution in [3.8, 4) is 22.8 Å². The number of carbonyl (C=O) groups excluding carboxylic acids is 1. The molecule has 0 spiro atoms. The van der Waals surface area contributed by atoms with Crippen molar-refractivity contribution in [1.29, 1.82) is 0 Å². The molecule has 2 heterocycles. The number of aromatic nitrogens is 4. The molecule has 1 aromatic carbocycles. The lowest BCUT2D eigenvalue weighted by Gasteiger charge is -2.09. The van der Waals surface area contributed by atoms with Gasteiger partial charge >= 0.3 is 6.01 Å². The minimum absolute atomic E-state index is 0. The molecule has 0 saturated carbocycles. The number of benzene rings is 1. The molecule has 0 fully saturated rings. The molecule has 0 bridgehead atoms. The molecule has 0 aliphatic heterocycles. The minimum atomic E-state index is -3.36. The average Bonchev–Trinajstić information content (AvgIpc) is 3.16. The van der Waals surface area contributed by atoms with Crippen molar-refractivity contribution in [3.05, 3.63) is 36.2 Å². The second-order valence-corrected chi connectivity index (χ2v) is 8.98. The quantitative estimate of drug-likeness (QED) is 0.607. The number of nitrogens with two attached hydrogens (primary N) is 1. The Bertz CT molecular complexity index is 1160. The number of carbonyl (C=O) groups is 1. The summed E-state index contributed by atoms with van der Waals surface area (Å²) in [6.07, 6.45) is 1.57. The van der Waals surface area contributed by atoms with E-state index in [0.29, 0.717) is 22.6 Å². The van der Waals surface area contributed by atoms with E-state index in [0.717, 1.165) is 0 Å². The van der Waals surface area contributed by atoms with Crippen LogP contribution in [0.4, 0.5) is 6.01 Å². The normalized spacial score (nSPS) is 11.6. The van der Waals surface area contributed by atoms with E-state index < -0.39 is 21.0 Å². The summed E-state index contributed by atoms with van der Waals surface area (Å²) in [6, 6.07) is 6.32. The molecule has 0 unspecified atom stereocenters. The zero-order valence-corrected chi connectivity index (χ0v) is 16.9. The summed E-state index contributed by atoms with van der Waals surface area (Å²) in [7, 11) is -3.36. The van der Waals surface area contributed by atoms with Gasteiger partial charge in [0.2, 0.25) is 5.91 Å². The van der Waals surface area contributed by atoms with Crippen LogP contribution in [0.2, 0.25) is 0 Å². The van der Waals surface area contributed by atoms with Gasteiger partial charge in [-0.25, -0.2) is 13.4 Å². The van der Waals surface area contributed by atoms with Gasteiger partial charge in [0.05, 0.1) is 34.3 Å². The number of nitrogens with zero attached hydrogens (tertiary/aromatic N) is 4. The van der Waals surface area contributed by atoms with Gasteiger partial charge in [-0.1, -0.05) is 17.2 Å². The van der Waals surface area contributed by atoms with Crippen molar-refractivity contribution in [1.82, 2.24) is 20.2 Å². The zero-order valence-electron chi connectivity index (χ0n) is 16.1. The van der Waals surface area contributed by atoms with Crippen LogP contribution in [0.1, 0.15) is 25.2 Å². The SMILES string of the molecule is Cc1ncc(-c2ccc(S(=O)(=O)C(C)C)cc2)nc1-c1nnc(NC(=O)CN)o1.[HH].[HH].[HH].[HH]. The maximum atomic E-state index is 12.3. The second-order valence-electron chi connectivity index (χ2n) is 6.47. The molecular formula is C18H28N6O4S. The number of hydrogen-bond donors (Lipinski definition) is 2. The molecule has 10 nitrogen and oxygen atoms in total. The van der Waals surface area contributed by atoms with E-state index in [1.807, 2.05) is 0 Å². The maximum Gasteiger partial charge on any atom is 0.322 e. The van der Waals surface area contributed by atoms with Crippen LogP contribution in [0.5, 0.6) is 0 Å². The third-order valence-corrected chi connectivity index (χ3v) is 6.28. The van der Waals surface area contributed by atoms with E-state index in [1.54, 1.807) is 51.2 Å². The number of nitrogens with one attached hydrogen (secondary N) is 1. The summed E-state index contributed by atoms with van der Waals surface area (Å²) in [5.74, 6) is -0.378. The Morgan fingerprint density at radius 3 is 2.55 bits per heavy atom. The van der Waals surface area contributed by atoms with Crippen molar-refractivity contribution >= 4 is 21.8 Å². The van der Waals surface area contributed by atoms with Crippen molar-refractivity contribution in [2.24, 2.45) is 5.73 Å². The first-order chi connectivity index (χ1) is 13.7. The summed E-state index contributed by atoms with van der Waals surface area (Å²) in [5.41, 5.74) is 7.32. The Balaban J connectivity index is 0. The summed E-state index contributed by atoms with van der Waals surface area (Å²) in [5, 5.41) is 9.48. The van der Waals surface area contributed by atoms with Crippen LogP contribution in [0.25, 0.3) is 22.8 Å². The highest BCUT2D eigenvalue weighted by molar-refractivity contribution is 7.92. The number of aryl methyl sites for hydroxylation is 1. The Hall–Kier alpha value is -3.18. The van der Waals surface area contributed by atoms with Crippen molar-refractivity contribution < 1.29 is 23.3 Å². The molecule has 2 aromatic heterocycles. The van der Waals surface area contributed by atoms with Gasteiger partial charge in [-0.2, -0.15) is 0 Å². The Labute approximate surface area is 173 Å². The third-order valence-electron chi connectivity index (χ3n) is 4.11. The van der Waals surface area contributed by atoms with Gasteiger partial charge in [0.1, 0.15) is 5.69 Å². The lowest BCUT2D eigenvalue weighted by atomic mass is 10.1. The van der Waals surface area contributed by atoms with Gasteiger partial charge in [0.25, 0.3) is 5.89 Å². The molecule has 0 aliphatic rings. The van der Waals surface area contributed by atoms with Crippen LogP contribution in [-0.4, -0.2) is 46.3 Å². The Kier molecular flexibility index (Phi) is 5.71. The molecule has 11 heteroatoms. The number of hydrogen-bond acceptors (Lipinski definition) is 9. The van der Waals surface area contributed by atoms with E-state index >= 15 is 0 Å². The molecule has 0 atom stereocenters. The van der Waals surface area contributed by atoms with Crippen LogP contribution in [0.3, 0.4) is 0 Å². The molecular weight excluding hydrogens is 396 g/mol. The molecule has 0 saturated heterocycles. The van der Waals surface area contributed by atoms with Crippen LogP contribution in [-0.2, 0) is 14.6 Å². The number of amides is 1. The molecule has 29 heavy (non-hydrogen) atoms. The van der Waals surface area contributed by atoms with Crippen LogP contribution < -0.4 is 11.1 Å². The zero-order chi connectivity index (χ0) is 21.2. The van der Waals surface area contributed by atoms with Gasteiger partial charge in [-0.15, -0.1) is 5.10 Å². The molecule has 160 valence electrons. The van der Waals surface area contributed by atoms with Gasteiger partial charge in [0, 0.05) is 11.3 Å². The maximum absolute atomic E-state index is 12.3. The third kappa shape index (κ3) is 4.30. The van der Waals surface area contributed by atoms with Crippen LogP contribution >= 0.6 is 0 Å². The highest BCUT2D eigenvalue weighted by atomic mass is 32.2. The first-order valence-corrected chi connectivity index (χ1v) is 10.3. The van der Waals surface area contributed by atoms with E-state index in [-0.39, 0.29) is 29.1 Å². The lowest BCUT2D eigenvalue weighted by Crippen LogP contribution is -2.21. The van der Waals surface area contributed by atoms with Crippen molar-refractivity contribution in [3.63, 3.8) is 0 Å². The fourth-order valence-electron chi connectivity index (χ4n) is 2.42. The highest BCUT2D eigenvalue weighted by Crippen LogP contribution is 2.26. The van der Waals surface area contributed by atoms with Gasteiger partial charge in [-0.05, 0) is 32.9 Å². The summed E-state index contributed by atoms with van der Waals surface area (Å²) >= 11 is 0. The highest BCUT2D eigenvalue weighted by Gasteiger charge is 2.20. The fourth-order valence-corrected chi connectivity index (χ4v) is 3.48. The Morgan fingerprint density at radius 2 is 1.93 bits per heavy atom. The number of anilines is 1. The molecule has 0 aliphatic carbocycles. The second kappa shape index (κ2) is 8.05. The van der Waals surface area contributed by atoms with Gasteiger partial charge < -0.3 is 10.2 Å². The first-order valence-electron chi connectivity index (χ1n) is 8.74. The van der Waals surface area contributed by atoms with Crippen molar-refractivity contribution in [2.75, 3.05) is 11.9 Å². The lowest BCUT2D eigenvalue weighted by molar-refractivity contribution is -0.115. The van der Waals surface area contributed by atoms with E-state index in [2.05, 4.69) is 25.5 Å². The van der Waals surface area contributed by atoms with Gasteiger partial charge in [0.15, 0.2) is 9.84 Å².